The van der Waals surface area contributed by atoms with E-state index in [9.17, 15) is 10.1 Å². The first-order valence-electron chi connectivity index (χ1n) is 6.27. The van der Waals surface area contributed by atoms with E-state index in [2.05, 4.69) is 12.2 Å². The van der Waals surface area contributed by atoms with Crippen LogP contribution in [-0.4, -0.2) is 29.6 Å². The molecule has 1 rings (SSSR count). The van der Waals surface area contributed by atoms with Crippen molar-refractivity contribution in [1.29, 1.82) is 0 Å². The van der Waals surface area contributed by atoms with Gasteiger partial charge >= 0.3 is 5.69 Å². The van der Waals surface area contributed by atoms with Gasteiger partial charge in [-0.1, -0.05) is 19.9 Å². The highest BCUT2D eigenvalue weighted by Crippen LogP contribution is 2.34. The first-order chi connectivity index (χ1) is 9.10. The number of hydrogen-bond donors (Lipinski definition) is 1. The van der Waals surface area contributed by atoms with Gasteiger partial charge in [0, 0.05) is 11.8 Å². The molecule has 0 saturated heterocycles. The average molecular weight is 284 g/mol. The number of nitrogens with one attached hydrogen (secondary N) is 1. The molecule has 0 aliphatic heterocycles. The van der Waals surface area contributed by atoms with Crippen molar-refractivity contribution in [2.75, 3.05) is 24.7 Å². The molecule has 5 nitrogen and oxygen atoms in total. The third-order valence-corrected chi connectivity index (χ3v) is 3.60. The Morgan fingerprint density at radius 3 is 2.84 bits per heavy atom. The molecule has 1 aromatic carbocycles. The molecule has 6 heteroatoms. The minimum Gasteiger partial charge on any atom is -0.487 e. The summed E-state index contributed by atoms with van der Waals surface area (Å²) in [5.41, 5.74) is 0.531. The van der Waals surface area contributed by atoms with E-state index in [0.29, 0.717) is 29.8 Å². The first kappa shape index (κ1) is 15.6. The topological polar surface area (TPSA) is 64.4 Å². The standard InChI is InChI=1S/C13H20N2O3S/c1-4-8-18-12-7-5-6-11(13(12)15(16)17)14-9-10(2)19-3/h5-7,10,14H,4,8-9H2,1-3H3. The summed E-state index contributed by atoms with van der Waals surface area (Å²) in [5.74, 6) is 0.327. The lowest BCUT2D eigenvalue weighted by Crippen LogP contribution is -2.14. The van der Waals surface area contributed by atoms with Gasteiger partial charge in [-0.05, 0) is 24.8 Å². The zero-order valence-corrected chi connectivity index (χ0v) is 12.3. The van der Waals surface area contributed by atoms with Gasteiger partial charge in [0.25, 0.3) is 0 Å². The minimum atomic E-state index is -0.392. The number of nitro groups is 1. The van der Waals surface area contributed by atoms with Crippen LogP contribution in [0.25, 0.3) is 0 Å². The summed E-state index contributed by atoms with van der Waals surface area (Å²) in [6, 6.07) is 5.12. The molecule has 0 fully saturated rings. The zero-order chi connectivity index (χ0) is 14.3. The largest absolute Gasteiger partial charge is 0.487 e. The van der Waals surface area contributed by atoms with Gasteiger partial charge in [-0.25, -0.2) is 0 Å². The minimum absolute atomic E-state index is 0.0178. The number of rotatable bonds is 8. The predicted octanol–water partition coefficient (Wildman–Crippen LogP) is 3.55. The summed E-state index contributed by atoms with van der Waals surface area (Å²) in [4.78, 5) is 10.8. The Hall–Kier alpha value is -1.43. The van der Waals surface area contributed by atoms with Crippen LogP contribution in [0.1, 0.15) is 20.3 Å². The highest BCUT2D eigenvalue weighted by atomic mass is 32.2. The summed E-state index contributed by atoms with van der Waals surface area (Å²) >= 11 is 1.71. The summed E-state index contributed by atoms with van der Waals surface area (Å²) in [5, 5.41) is 14.7. The quantitative estimate of drug-likeness (QED) is 0.584. The fourth-order valence-electron chi connectivity index (χ4n) is 1.52. The van der Waals surface area contributed by atoms with Crippen LogP contribution in [0.4, 0.5) is 11.4 Å². The Labute approximate surface area is 117 Å². The van der Waals surface area contributed by atoms with Crippen LogP contribution < -0.4 is 10.1 Å². The number of hydrogen-bond acceptors (Lipinski definition) is 5. The molecule has 0 aliphatic rings. The Balaban J connectivity index is 2.92. The van der Waals surface area contributed by atoms with Gasteiger partial charge in [-0.15, -0.1) is 0 Å². The maximum Gasteiger partial charge on any atom is 0.333 e. The van der Waals surface area contributed by atoms with Crippen LogP contribution in [0.5, 0.6) is 5.75 Å². The molecular formula is C13H20N2O3S. The molecule has 0 radical (unpaired) electrons. The van der Waals surface area contributed by atoms with E-state index in [1.165, 1.54) is 0 Å². The van der Waals surface area contributed by atoms with E-state index < -0.39 is 4.92 Å². The van der Waals surface area contributed by atoms with E-state index >= 15 is 0 Å². The molecule has 1 aromatic rings. The smallest absolute Gasteiger partial charge is 0.333 e. The van der Waals surface area contributed by atoms with Gasteiger partial charge in [0.15, 0.2) is 5.75 Å². The maximum absolute atomic E-state index is 11.2. The second kappa shape index (κ2) is 7.89. The van der Waals surface area contributed by atoms with Crippen LogP contribution in [0.2, 0.25) is 0 Å². The van der Waals surface area contributed by atoms with Crippen molar-refractivity contribution >= 4 is 23.1 Å². The fraction of sp³-hybridized carbons (Fsp3) is 0.538. The van der Waals surface area contributed by atoms with Crippen LogP contribution in [0.3, 0.4) is 0 Å². The average Bonchev–Trinajstić information content (AvgIpc) is 2.41. The number of para-hydroxylation sites is 1. The summed E-state index contributed by atoms with van der Waals surface area (Å²) in [6.45, 7) is 5.19. The molecule has 0 aliphatic carbocycles. The Morgan fingerprint density at radius 1 is 1.53 bits per heavy atom. The predicted molar refractivity (Wildman–Crippen MR) is 80.3 cm³/mol. The molecule has 1 N–H and O–H groups in total. The van der Waals surface area contributed by atoms with Crippen molar-refractivity contribution in [3.63, 3.8) is 0 Å². The highest BCUT2D eigenvalue weighted by Gasteiger charge is 2.21. The van der Waals surface area contributed by atoms with E-state index in [1.54, 1.807) is 30.0 Å². The lowest BCUT2D eigenvalue weighted by molar-refractivity contribution is -0.385. The lowest BCUT2D eigenvalue weighted by Gasteiger charge is -2.13. The summed E-state index contributed by atoms with van der Waals surface area (Å²) in [7, 11) is 0. The van der Waals surface area contributed by atoms with E-state index in [0.717, 1.165) is 6.42 Å². The van der Waals surface area contributed by atoms with Crippen molar-refractivity contribution in [3.8, 4) is 5.75 Å². The van der Waals surface area contributed by atoms with Crippen molar-refractivity contribution in [2.45, 2.75) is 25.5 Å². The summed E-state index contributed by atoms with van der Waals surface area (Å²) < 4.78 is 5.43. The van der Waals surface area contributed by atoms with Crippen molar-refractivity contribution in [1.82, 2.24) is 0 Å². The Bertz CT molecular complexity index is 426. The fourth-order valence-corrected chi connectivity index (χ4v) is 1.77. The van der Waals surface area contributed by atoms with Gasteiger partial charge in [0.2, 0.25) is 0 Å². The van der Waals surface area contributed by atoms with Crippen LogP contribution >= 0.6 is 11.8 Å². The molecule has 0 aromatic heterocycles. The summed E-state index contributed by atoms with van der Waals surface area (Å²) in [6.07, 6.45) is 2.83. The molecule has 0 amide bonds. The third-order valence-electron chi connectivity index (χ3n) is 2.63. The SMILES string of the molecule is CCCOc1cccc(NCC(C)SC)c1[N+](=O)[O-]. The van der Waals surface area contributed by atoms with Gasteiger partial charge < -0.3 is 10.1 Å². The molecule has 0 bridgehead atoms. The van der Waals surface area contributed by atoms with E-state index in [4.69, 9.17) is 4.74 Å². The molecule has 0 saturated carbocycles. The van der Waals surface area contributed by atoms with E-state index in [-0.39, 0.29) is 5.69 Å². The number of anilines is 1. The monoisotopic (exact) mass is 284 g/mol. The Morgan fingerprint density at radius 2 is 2.26 bits per heavy atom. The molecule has 106 valence electrons. The zero-order valence-electron chi connectivity index (χ0n) is 11.5. The molecule has 0 spiro atoms. The van der Waals surface area contributed by atoms with Crippen LogP contribution in [0.15, 0.2) is 18.2 Å². The van der Waals surface area contributed by atoms with Gasteiger partial charge in [-0.2, -0.15) is 11.8 Å². The highest BCUT2D eigenvalue weighted by molar-refractivity contribution is 7.99. The van der Waals surface area contributed by atoms with Gasteiger partial charge in [0.1, 0.15) is 5.69 Å². The first-order valence-corrected chi connectivity index (χ1v) is 7.55. The van der Waals surface area contributed by atoms with Crippen molar-refractivity contribution in [2.24, 2.45) is 0 Å². The normalized spacial score (nSPS) is 11.9. The number of ether oxygens (including phenoxy) is 1. The molecule has 19 heavy (non-hydrogen) atoms. The van der Waals surface area contributed by atoms with Crippen molar-refractivity contribution in [3.05, 3.63) is 28.3 Å². The van der Waals surface area contributed by atoms with Crippen molar-refractivity contribution < 1.29 is 9.66 Å². The number of nitro benzene ring substituents is 1. The lowest BCUT2D eigenvalue weighted by atomic mass is 10.2. The van der Waals surface area contributed by atoms with Gasteiger partial charge in [-0.3, -0.25) is 10.1 Å². The Kier molecular flexibility index (Phi) is 6.49. The number of benzene rings is 1. The van der Waals surface area contributed by atoms with E-state index in [1.807, 2.05) is 13.2 Å². The van der Waals surface area contributed by atoms with Crippen LogP contribution in [0, 0.1) is 10.1 Å². The second-order valence-corrected chi connectivity index (χ2v) is 5.46. The van der Waals surface area contributed by atoms with Gasteiger partial charge in [0.05, 0.1) is 11.5 Å². The maximum atomic E-state index is 11.2. The van der Waals surface area contributed by atoms with Crippen LogP contribution in [-0.2, 0) is 0 Å². The second-order valence-electron chi connectivity index (χ2n) is 4.19. The molecular weight excluding hydrogens is 264 g/mol. The number of thioether (sulfide) groups is 1. The molecule has 1 unspecified atom stereocenters. The number of nitrogens with zero attached hydrogens (tertiary/aromatic N) is 1. The molecule has 1 atom stereocenters. The third kappa shape index (κ3) is 4.63. The molecule has 0 heterocycles.